The molecule has 8 heteroatoms. The van der Waals surface area contributed by atoms with Gasteiger partial charge in [-0.15, -0.1) is 0 Å². The summed E-state index contributed by atoms with van der Waals surface area (Å²) >= 11 is 0. The molecule has 0 atom stereocenters. The van der Waals surface area contributed by atoms with E-state index in [9.17, 15) is 18.9 Å². The van der Waals surface area contributed by atoms with E-state index in [1.165, 1.54) is 7.11 Å². The summed E-state index contributed by atoms with van der Waals surface area (Å²) in [5, 5.41) is 13.3. The Morgan fingerprint density at radius 1 is 1.33 bits per heavy atom. The van der Waals surface area contributed by atoms with Crippen molar-refractivity contribution in [3.63, 3.8) is 0 Å². The first-order valence-electron chi connectivity index (χ1n) is 5.89. The third-order valence-corrected chi connectivity index (χ3v) is 2.71. The quantitative estimate of drug-likeness (QED) is 0.678. The molecule has 0 unspecified atom stereocenters. The third-order valence-electron chi connectivity index (χ3n) is 2.71. The molecule has 0 aliphatic carbocycles. The maximum Gasteiger partial charge on any atom is 0.295 e. The molecule has 2 rings (SSSR count). The zero-order chi connectivity index (χ0) is 15.4. The van der Waals surface area contributed by atoms with Crippen LogP contribution in [0.25, 0.3) is 0 Å². The van der Waals surface area contributed by atoms with Gasteiger partial charge in [-0.05, 0) is 12.1 Å². The summed E-state index contributed by atoms with van der Waals surface area (Å²) in [6, 6.07) is 6.52. The number of nitro groups is 1. The van der Waals surface area contributed by atoms with E-state index in [2.05, 4.69) is 10.3 Å². The number of methoxy groups -OCH3 is 1. The lowest BCUT2D eigenvalue weighted by Crippen LogP contribution is -2.07. The Morgan fingerprint density at radius 3 is 2.76 bits per heavy atom. The Kier molecular flexibility index (Phi) is 4.27. The second-order valence-electron chi connectivity index (χ2n) is 4.04. The molecule has 1 aromatic carbocycles. The molecule has 6 nitrogen and oxygen atoms in total. The molecule has 0 radical (unpaired) electrons. The first-order chi connectivity index (χ1) is 10.0. The molecule has 0 bridgehead atoms. The maximum absolute atomic E-state index is 13.7. The number of pyridine rings is 1. The Labute approximate surface area is 118 Å². The van der Waals surface area contributed by atoms with Crippen LogP contribution in [0.4, 0.5) is 20.2 Å². The number of nitrogens with one attached hydrogen (secondary N) is 1. The minimum absolute atomic E-state index is 0.0155. The first kappa shape index (κ1) is 14.6. The topological polar surface area (TPSA) is 77.3 Å². The summed E-state index contributed by atoms with van der Waals surface area (Å²) < 4.78 is 31.8. The van der Waals surface area contributed by atoms with Crippen molar-refractivity contribution in [2.45, 2.75) is 6.54 Å². The van der Waals surface area contributed by atoms with Gasteiger partial charge in [0.05, 0.1) is 24.3 Å². The van der Waals surface area contributed by atoms with Gasteiger partial charge in [0.2, 0.25) is 5.88 Å². The fourth-order valence-corrected chi connectivity index (χ4v) is 1.71. The van der Waals surface area contributed by atoms with E-state index in [0.717, 1.165) is 6.07 Å². The number of benzene rings is 1. The first-order valence-corrected chi connectivity index (χ1v) is 5.89. The summed E-state index contributed by atoms with van der Waals surface area (Å²) in [6.45, 7) is -0.0155. The van der Waals surface area contributed by atoms with Gasteiger partial charge in [-0.2, -0.15) is 0 Å². The Hall–Kier alpha value is -2.77. The van der Waals surface area contributed by atoms with E-state index in [1.54, 1.807) is 18.2 Å². The third kappa shape index (κ3) is 3.22. The van der Waals surface area contributed by atoms with Crippen LogP contribution in [0.2, 0.25) is 0 Å². The minimum Gasteiger partial charge on any atom is -0.481 e. The van der Waals surface area contributed by atoms with Gasteiger partial charge < -0.3 is 10.1 Å². The van der Waals surface area contributed by atoms with E-state index < -0.39 is 27.9 Å². The number of nitrogens with zero attached hydrogens (tertiary/aromatic N) is 2. The van der Waals surface area contributed by atoms with Crippen molar-refractivity contribution in [1.29, 1.82) is 0 Å². The SMILES string of the molecule is COc1cccc(CNc2c([N+](=O)[O-])ccc(F)c2F)n1. The highest BCUT2D eigenvalue weighted by atomic mass is 19.2. The highest BCUT2D eigenvalue weighted by Gasteiger charge is 2.21. The van der Waals surface area contributed by atoms with Crippen LogP contribution in [0.1, 0.15) is 5.69 Å². The van der Waals surface area contributed by atoms with Crippen molar-refractivity contribution in [2.24, 2.45) is 0 Å². The van der Waals surface area contributed by atoms with Crippen molar-refractivity contribution in [3.8, 4) is 5.88 Å². The van der Waals surface area contributed by atoms with E-state index in [1.807, 2.05) is 0 Å². The summed E-state index contributed by atoms with van der Waals surface area (Å²) in [6.07, 6.45) is 0. The Balaban J connectivity index is 2.26. The van der Waals surface area contributed by atoms with Crippen molar-refractivity contribution in [1.82, 2.24) is 4.98 Å². The number of ether oxygens (including phenoxy) is 1. The standard InChI is InChI=1S/C13H11F2N3O3/c1-21-11-4-2-3-8(17-11)7-16-13-10(18(19)20)6-5-9(14)12(13)15/h2-6,16H,7H2,1H3. The number of anilines is 1. The fraction of sp³-hybridized carbons (Fsp3) is 0.154. The van der Waals surface area contributed by atoms with Crippen LogP contribution in [0.3, 0.4) is 0 Å². The molecule has 1 N–H and O–H groups in total. The Morgan fingerprint density at radius 2 is 2.10 bits per heavy atom. The molecule has 2 aromatic rings. The normalized spacial score (nSPS) is 10.2. The molecule has 0 fully saturated rings. The van der Waals surface area contributed by atoms with Gasteiger partial charge in [-0.1, -0.05) is 6.07 Å². The highest BCUT2D eigenvalue weighted by Crippen LogP contribution is 2.29. The smallest absolute Gasteiger partial charge is 0.295 e. The van der Waals surface area contributed by atoms with Crippen molar-refractivity contribution >= 4 is 11.4 Å². The van der Waals surface area contributed by atoms with E-state index in [0.29, 0.717) is 17.6 Å². The van der Waals surface area contributed by atoms with Crippen LogP contribution < -0.4 is 10.1 Å². The van der Waals surface area contributed by atoms with E-state index in [4.69, 9.17) is 4.74 Å². The van der Waals surface area contributed by atoms with Gasteiger partial charge in [-0.3, -0.25) is 10.1 Å². The number of hydrogen-bond acceptors (Lipinski definition) is 5. The fourth-order valence-electron chi connectivity index (χ4n) is 1.71. The van der Waals surface area contributed by atoms with Crippen molar-refractivity contribution in [2.75, 3.05) is 12.4 Å². The maximum atomic E-state index is 13.7. The van der Waals surface area contributed by atoms with Crippen LogP contribution in [0.15, 0.2) is 30.3 Å². The van der Waals surface area contributed by atoms with Gasteiger partial charge in [0.15, 0.2) is 17.3 Å². The molecule has 0 aliphatic rings. The molecule has 21 heavy (non-hydrogen) atoms. The molecule has 1 aromatic heterocycles. The summed E-state index contributed by atoms with van der Waals surface area (Å²) in [4.78, 5) is 14.1. The lowest BCUT2D eigenvalue weighted by Gasteiger charge is -2.09. The van der Waals surface area contributed by atoms with Crippen molar-refractivity contribution in [3.05, 3.63) is 57.8 Å². The van der Waals surface area contributed by atoms with Gasteiger partial charge in [0, 0.05) is 12.1 Å². The zero-order valence-corrected chi connectivity index (χ0v) is 11.0. The lowest BCUT2D eigenvalue weighted by atomic mass is 10.2. The molecule has 0 amide bonds. The van der Waals surface area contributed by atoms with Gasteiger partial charge in [-0.25, -0.2) is 13.8 Å². The lowest BCUT2D eigenvalue weighted by molar-refractivity contribution is -0.384. The molecule has 0 saturated carbocycles. The molecular weight excluding hydrogens is 284 g/mol. The minimum atomic E-state index is -1.30. The second kappa shape index (κ2) is 6.12. The molecule has 0 saturated heterocycles. The summed E-state index contributed by atoms with van der Waals surface area (Å²) in [7, 11) is 1.44. The Bertz CT molecular complexity index is 680. The van der Waals surface area contributed by atoms with Crippen LogP contribution in [0, 0.1) is 21.7 Å². The average Bonchev–Trinajstić information content (AvgIpc) is 2.48. The molecule has 0 spiro atoms. The van der Waals surface area contributed by atoms with Gasteiger partial charge >= 0.3 is 0 Å². The predicted octanol–water partition coefficient (Wildman–Crippen LogP) is 2.89. The highest BCUT2D eigenvalue weighted by molar-refractivity contribution is 5.62. The predicted molar refractivity (Wildman–Crippen MR) is 71.1 cm³/mol. The monoisotopic (exact) mass is 295 g/mol. The van der Waals surface area contributed by atoms with Crippen LogP contribution >= 0.6 is 0 Å². The molecular formula is C13H11F2N3O3. The molecule has 1 heterocycles. The molecule has 110 valence electrons. The van der Waals surface area contributed by atoms with Gasteiger partial charge in [0.1, 0.15) is 0 Å². The summed E-state index contributed by atoms with van der Waals surface area (Å²) in [5.41, 5.74) is -0.589. The number of aromatic nitrogens is 1. The number of halogens is 2. The summed E-state index contributed by atoms with van der Waals surface area (Å²) in [5.74, 6) is -2.11. The average molecular weight is 295 g/mol. The van der Waals surface area contributed by atoms with E-state index in [-0.39, 0.29) is 6.54 Å². The van der Waals surface area contributed by atoms with Crippen LogP contribution in [-0.4, -0.2) is 17.0 Å². The van der Waals surface area contributed by atoms with Crippen LogP contribution in [0.5, 0.6) is 5.88 Å². The number of rotatable bonds is 5. The molecule has 0 aliphatic heterocycles. The second-order valence-corrected chi connectivity index (χ2v) is 4.04. The largest absolute Gasteiger partial charge is 0.481 e. The number of nitro benzene ring substituents is 1. The zero-order valence-electron chi connectivity index (χ0n) is 11.0. The number of hydrogen-bond donors (Lipinski definition) is 1. The van der Waals surface area contributed by atoms with Crippen LogP contribution in [-0.2, 0) is 6.54 Å². The van der Waals surface area contributed by atoms with Gasteiger partial charge in [0.25, 0.3) is 5.69 Å². The van der Waals surface area contributed by atoms with E-state index >= 15 is 0 Å². The van der Waals surface area contributed by atoms with Crippen molar-refractivity contribution < 1.29 is 18.4 Å².